The van der Waals surface area contributed by atoms with Crippen molar-refractivity contribution in [3.63, 3.8) is 0 Å². The summed E-state index contributed by atoms with van der Waals surface area (Å²) in [5.74, 6) is 1.16. The van der Waals surface area contributed by atoms with E-state index in [4.69, 9.17) is 4.42 Å². The van der Waals surface area contributed by atoms with Crippen LogP contribution in [-0.2, 0) is 6.54 Å². The van der Waals surface area contributed by atoms with Gasteiger partial charge in [-0.3, -0.25) is 0 Å². The Morgan fingerprint density at radius 3 is 2.54 bits per heavy atom. The van der Waals surface area contributed by atoms with E-state index >= 15 is 0 Å². The second-order valence-electron chi connectivity index (χ2n) is 5.16. The fourth-order valence-corrected chi connectivity index (χ4v) is 2.53. The van der Waals surface area contributed by atoms with Crippen LogP contribution in [0.15, 0.2) is 69.8 Å². The van der Waals surface area contributed by atoms with Gasteiger partial charge in [0.1, 0.15) is 18.5 Å². The van der Waals surface area contributed by atoms with Crippen LogP contribution in [0.5, 0.6) is 0 Å². The van der Waals surface area contributed by atoms with Gasteiger partial charge in [0.15, 0.2) is 0 Å². The first-order valence-electron chi connectivity index (χ1n) is 7.31. The van der Waals surface area contributed by atoms with Crippen molar-refractivity contribution >= 4 is 15.9 Å². The summed E-state index contributed by atoms with van der Waals surface area (Å²) < 4.78 is 6.53. The van der Waals surface area contributed by atoms with Crippen LogP contribution in [0.3, 0.4) is 0 Å². The molecular formula is C17H12BrN5O. The summed E-state index contributed by atoms with van der Waals surface area (Å²) in [5.41, 5.74) is 2.59. The molecule has 0 amide bonds. The van der Waals surface area contributed by atoms with Crippen LogP contribution in [0.2, 0.25) is 0 Å². The predicted octanol–water partition coefficient (Wildman–Crippen LogP) is 3.81. The lowest BCUT2D eigenvalue weighted by atomic mass is 10.2. The first kappa shape index (κ1) is 14.8. The average Bonchev–Trinajstić information content (AvgIpc) is 3.27. The first-order chi connectivity index (χ1) is 11.8. The van der Waals surface area contributed by atoms with E-state index < -0.39 is 0 Å². The average molecular weight is 382 g/mol. The zero-order valence-corrected chi connectivity index (χ0v) is 14.1. The molecule has 0 spiro atoms. The van der Waals surface area contributed by atoms with Crippen molar-refractivity contribution in [1.29, 1.82) is 0 Å². The van der Waals surface area contributed by atoms with Crippen molar-refractivity contribution in [3.05, 3.63) is 71.0 Å². The third-order valence-corrected chi connectivity index (χ3v) is 3.96. The van der Waals surface area contributed by atoms with E-state index in [9.17, 15) is 0 Å². The van der Waals surface area contributed by atoms with Gasteiger partial charge in [-0.05, 0) is 41.6 Å². The standard InChI is InChI=1S/C17H12BrN5O/c18-14-8-6-12(7-9-14)16-20-22-23(21-16)10-15-11-24-17(19-15)13-4-2-1-3-5-13/h1-9,11H,10H2. The molecule has 2 aromatic carbocycles. The third kappa shape index (κ3) is 3.11. The molecule has 24 heavy (non-hydrogen) atoms. The molecule has 0 saturated carbocycles. The van der Waals surface area contributed by atoms with E-state index in [1.54, 1.807) is 6.26 Å². The minimum atomic E-state index is 0.403. The Morgan fingerprint density at radius 2 is 1.75 bits per heavy atom. The molecule has 0 fully saturated rings. The highest BCUT2D eigenvalue weighted by Crippen LogP contribution is 2.19. The highest BCUT2D eigenvalue weighted by molar-refractivity contribution is 9.10. The van der Waals surface area contributed by atoms with Crippen LogP contribution < -0.4 is 0 Å². The topological polar surface area (TPSA) is 69.6 Å². The molecular weight excluding hydrogens is 370 g/mol. The number of halogens is 1. The second kappa shape index (κ2) is 6.37. The van der Waals surface area contributed by atoms with Crippen LogP contribution in [0.25, 0.3) is 22.8 Å². The van der Waals surface area contributed by atoms with Crippen LogP contribution >= 0.6 is 15.9 Å². The Morgan fingerprint density at radius 1 is 0.958 bits per heavy atom. The Hall–Kier alpha value is -2.80. The maximum Gasteiger partial charge on any atom is 0.226 e. The van der Waals surface area contributed by atoms with E-state index in [0.29, 0.717) is 18.3 Å². The number of nitrogens with zero attached hydrogens (tertiary/aromatic N) is 5. The van der Waals surface area contributed by atoms with Crippen molar-refractivity contribution in [2.45, 2.75) is 6.54 Å². The lowest BCUT2D eigenvalue weighted by Crippen LogP contribution is -2.04. The highest BCUT2D eigenvalue weighted by Gasteiger charge is 2.10. The quantitative estimate of drug-likeness (QED) is 0.537. The Kier molecular flexibility index (Phi) is 3.92. The van der Waals surface area contributed by atoms with Gasteiger partial charge in [0.25, 0.3) is 0 Å². The highest BCUT2D eigenvalue weighted by atomic mass is 79.9. The molecule has 2 heterocycles. The molecule has 0 aliphatic carbocycles. The van der Waals surface area contributed by atoms with Gasteiger partial charge >= 0.3 is 0 Å². The molecule has 0 aliphatic rings. The van der Waals surface area contributed by atoms with Crippen LogP contribution in [0, 0.1) is 0 Å². The first-order valence-corrected chi connectivity index (χ1v) is 8.11. The number of aromatic nitrogens is 5. The number of tetrazole rings is 1. The number of hydrogen-bond donors (Lipinski definition) is 0. The summed E-state index contributed by atoms with van der Waals surface area (Å²) in [7, 11) is 0. The van der Waals surface area contributed by atoms with Crippen molar-refractivity contribution in [2.75, 3.05) is 0 Å². The smallest absolute Gasteiger partial charge is 0.226 e. The molecule has 0 unspecified atom stereocenters. The van der Waals surface area contributed by atoms with E-state index in [-0.39, 0.29) is 0 Å². The van der Waals surface area contributed by atoms with Crippen molar-refractivity contribution < 1.29 is 4.42 Å². The van der Waals surface area contributed by atoms with E-state index in [0.717, 1.165) is 21.3 Å². The van der Waals surface area contributed by atoms with Gasteiger partial charge in [0.05, 0.1) is 0 Å². The largest absolute Gasteiger partial charge is 0.444 e. The molecule has 0 saturated heterocycles. The van der Waals surface area contributed by atoms with Crippen molar-refractivity contribution in [1.82, 2.24) is 25.2 Å². The molecule has 0 radical (unpaired) electrons. The van der Waals surface area contributed by atoms with E-state index in [1.165, 1.54) is 4.80 Å². The molecule has 0 atom stereocenters. The monoisotopic (exact) mass is 381 g/mol. The molecule has 2 aromatic heterocycles. The van der Waals surface area contributed by atoms with Gasteiger partial charge in [-0.15, -0.1) is 10.2 Å². The fraction of sp³-hybridized carbons (Fsp3) is 0.0588. The summed E-state index contributed by atoms with van der Waals surface area (Å²) >= 11 is 3.41. The summed E-state index contributed by atoms with van der Waals surface area (Å²) in [6.45, 7) is 0.403. The van der Waals surface area contributed by atoms with Crippen molar-refractivity contribution in [2.24, 2.45) is 0 Å². The molecule has 7 heteroatoms. The molecule has 0 aliphatic heterocycles. The van der Waals surface area contributed by atoms with Crippen LogP contribution in [0.1, 0.15) is 5.69 Å². The summed E-state index contributed by atoms with van der Waals surface area (Å²) in [6, 6.07) is 17.5. The van der Waals surface area contributed by atoms with Gasteiger partial charge in [-0.1, -0.05) is 34.1 Å². The number of hydrogen-bond acceptors (Lipinski definition) is 5. The lowest BCUT2D eigenvalue weighted by molar-refractivity contribution is 0.550. The lowest BCUT2D eigenvalue weighted by Gasteiger charge is -1.95. The third-order valence-electron chi connectivity index (χ3n) is 3.43. The summed E-state index contributed by atoms with van der Waals surface area (Å²) in [5, 5.41) is 12.5. The maximum atomic E-state index is 5.52. The van der Waals surface area contributed by atoms with Gasteiger partial charge in [-0.2, -0.15) is 4.80 Å². The van der Waals surface area contributed by atoms with Crippen molar-refractivity contribution in [3.8, 4) is 22.8 Å². The Balaban J connectivity index is 1.52. The normalized spacial score (nSPS) is 10.9. The molecule has 118 valence electrons. The summed E-state index contributed by atoms with van der Waals surface area (Å²) in [6.07, 6.45) is 1.62. The van der Waals surface area contributed by atoms with Gasteiger partial charge in [0, 0.05) is 15.6 Å². The minimum absolute atomic E-state index is 0.403. The molecule has 4 aromatic rings. The fourth-order valence-electron chi connectivity index (χ4n) is 2.26. The second-order valence-corrected chi connectivity index (χ2v) is 6.08. The Bertz CT molecular complexity index is 947. The zero-order chi connectivity index (χ0) is 16.4. The number of benzene rings is 2. The van der Waals surface area contributed by atoms with Crippen LogP contribution in [-0.4, -0.2) is 25.2 Å². The van der Waals surface area contributed by atoms with E-state index in [2.05, 4.69) is 36.3 Å². The van der Waals surface area contributed by atoms with E-state index in [1.807, 2.05) is 54.6 Å². The van der Waals surface area contributed by atoms with Crippen LogP contribution in [0.4, 0.5) is 0 Å². The molecule has 6 nitrogen and oxygen atoms in total. The number of oxazole rings is 1. The summed E-state index contributed by atoms with van der Waals surface area (Å²) in [4.78, 5) is 5.97. The van der Waals surface area contributed by atoms with Gasteiger partial charge in [0.2, 0.25) is 11.7 Å². The minimum Gasteiger partial charge on any atom is -0.444 e. The van der Waals surface area contributed by atoms with Gasteiger partial charge < -0.3 is 4.42 Å². The zero-order valence-electron chi connectivity index (χ0n) is 12.5. The van der Waals surface area contributed by atoms with Gasteiger partial charge in [-0.25, -0.2) is 4.98 Å². The molecule has 0 N–H and O–H groups in total. The maximum absolute atomic E-state index is 5.52. The molecule has 4 rings (SSSR count). The predicted molar refractivity (Wildman–Crippen MR) is 92.0 cm³/mol. The molecule has 0 bridgehead atoms. The number of rotatable bonds is 4. The Labute approximate surface area is 146 Å². The SMILES string of the molecule is Brc1ccc(-c2nnn(Cc3coc(-c4ccccc4)n3)n2)cc1.